The van der Waals surface area contributed by atoms with Gasteiger partial charge in [0, 0.05) is 18.0 Å². The maximum Gasteiger partial charge on any atom is 0.226 e. The van der Waals surface area contributed by atoms with E-state index in [4.69, 9.17) is 15.2 Å². The first kappa shape index (κ1) is 15.3. The number of amides is 1. The number of hydrogen-bond acceptors (Lipinski definition) is 4. The highest BCUT2D eigenvalue weighted by molar-refractivity contribution is 5.94. The van der Waals surface area contributed by atoms with E-state index in [1.54, 1.807) is 20.3 Å². The zero-order valence-electron chi connectivity index (χ0n) is 12.2. The molecular weight excluding hydrogens is 244 g/mol. The van der Waals surface area contributed by atoms with E-state index in [1.165, 1.54) is 0 Å². The molecule has 1 aromatic carbocycles. The summed E-state index contributed by atoms with van der Waals surface area (Å²) in [6.45, 7) is 5.50. The maximum absolute atomic E-state index is 11.9. The Morgan fingerprint density at radius 3 is 2.42 bits per heavy atom. The number of anilines is 1. The molecule has 3 N–H and O–H groups in total. The van der Waals surface area contributed by atoms with Crippen molar-refractivity contribution in [3.63, 3.8) is 0 Å². The third-order valence-electron chi connectivity index (χ3n) is 2.61. The Balaban J connectivity index is 2.97. The molecular formula is C14H22N2O3. The SMILES string of the molecule is COc1cc(C)c(NC(=O)CC(C)(C)N)c(OC)c1. The second kappa shape index (κ2) is 5.93. The van der Waals surface area contributed by atoms with Gasteiger partial charge in [-0.1, -0.05) is 0 Å². The van der Waals surface area contributed by atoms with Crippen molar-refractivity contribution in [1.29, 1.82) is 0 Å². The van der Waals surface area contributed by atoms with Gasteiger partial charge in [-0.15, -0.1) is 0 Å². The number of hydrogen-bond donors (Lipinski definition) is 2. The van der Waals surface area contributed by atoms with Crippen molar-refractivity contribution < 1.29 is 14.3 Å². The van der Waals surface area contributed by atoms with Gasteiger partial charge in [0.1, 0.15) is 11.5 Å². The van der Waals surface area contributed by atoms with E-state index >= 15 is 0 Å². The second-order valence-corrected chi connectivity index (χ2v) is 5.24. The van der Waals surface area contributed by atoms with Crippen molar-refractivity contribution in [2.75, 3.05) is 19.5 Å². The van der Waals surface area contributed by atoms with Crippen LogP contribution in [0.2, 0.25) is 0 Å². The lowest BCUT2D eigenvalue weighted by Gasteiger charge is -2.19. The molecule has 0 unspecified atom stereocenters. The minimum atomic E-state index is -0.544. The van der Waals surface area contributed by atoms with Gasteiger partial charge in [0.2, 0.25) is 5.91 Å². The van der Waals surface area contributed by atoms with Crippen molar-refractivity contribution in [1.82, 2.24) is 0 Å². The number of nitrogens with two attached hydrogens (primary N) is 1. The third-order valence-corrected chi connectivity index (χ3v) is 2.61. The quantitative estimate of drug-likeness (QED) is 0.855. The lowest BCUT2D eigenvalue weighted by Crippen LogP contribution is -2.36. The molecule has 0 saturated carbocycles. The summed E-state index contributed by atoms with van der Waals surface area (Å²) in [6.07, 6.45) is 0.238. The Kier molecular flexibility index (Phi) is 4.78. The molecule has 0 aliphatic carbocycles. The van der Waals surface area contributed by atoms with Crippen LogP contribution in [-0.4, -0.2) is 25.7 Å². The molecule has 0 saturated heterocycles. The minimum absolute atomic E-state index is 0.140. The standard InChI is InChI=1S/C14H22N2O3/c1-9-6-10(18-4)7-11(19-5)13(9)16-12(17)8-14(2,3)15/h6-7H,8,15H2,1-5H3,(H,16,17). The summed E-state index contributed by atoms with van der Waals surface area (Å²) in [5.74, 6) is 1.12. The van der Waals surface area contributed by atoms with Gasteiger partial charge in [-0.2, -0.15) is 0 Å². The van der Waals surface area contributed by atoms with Gasteiger partial charge in [0.25, 0.3) is 0 Å². The number of ether oxygens (including phenoxy) is 2. The largest absolute Gasteiger partial charge is 0.497 e. The number of benzene rings is 1. The summed E-state index contributed by atoms with van der Waals surface area (Å²) >= 11 is 0. The normalized spacial score (nSPS) is 11.1. The number of carbonyl (C=O) groups is 1. The van der Waals surface area contributed by atoms with E-state index in [-0.39, 0.29) is 12.3 Å². The topological polar surface area (TPSA) is 73.6 Å². The van der Waals surface area contributed by atoms with Crippen LogP contribution in [0.1, 0.15) is 25.8 Å². The molecule has 1 amide bonds. The molecule has 0 aliphatic rings. The zero-order chi connectivity index (χ0) is 14.6. The molecule has 106 valence electrons. The minimum Gasteiger partial charge on any atom is -0.497 e. The monoisotopic (exact) mass is 266 g/mol. The van der Waals surface area contributed by atoms with E-state index < -0.39 is 5.54 Å². The van der Waals surface area contributed by atoms with E-state index in [0.717, 1.165) is 5.56 Å². The van der Waals surface area contributed by atoms with Crippen LogP contribution in [0.4, 0.5) is 5.69 Å². The van der Waals surface area contributed by atoms with Crippen molar-refractivity contribution in [3.8, 4) is 11.5 Å². The smallest absolute Gasteiger partial charge is 0.226 e. The average Bonchev–Trinajstić information content (AvgIpc) is 2.29. The van der Waals surface area contributed by atoms with E-state index in [1.807, 2.05) is 26.8 Å². The Morgan fingerprint density at radius 2 is 1.95 bits per heavy atom. The lowest BCUT2D eigenvalue weighted by atomic mass is 10.0. The van der Waals surface area contributed by atoms with E-state index in [9.17, 15) is 4.79 Å². The first-order chi connectivity index (χ1) is 8.76. The molecule has 0 radical (unpaired) electrons. The molecule has 19 heavy (non-hydrogen) atoms. The first-order valence-corrected chi connectivity index (χ1v) is 6.08. The molecule has 0 spiro atoms. The van der Waals surface area contributed by atoms with Crippen LogP contribution < -0.4 is 20.5 Å². The number of rotatable bonds is 5. The van der Waals surface area contributed by atoms with Crippen LogP contribution in [0.3, 0.4) is 0 Å². The third kappa shape index (κ3) is 4.44. The van der Waals surface area contributed by atoms with Gasteiger partial charge in [0.05, 0.1) is 19.9 Å². The van der Waals surface area contributed by atoms with Gasteiger partial charge < -0.3 is 20.5 Å². The molecule has 0 atom stereocenters. The Morgan fingerprint density at radius 1 is 1.32 bits per heavy atom. The highest BCUT2D eigenvalue weighted by Gasteiger charge is 2.18. The molecule has 1 rings (SSSR count). The van der Waals surface area contributed by atoms with Gasteiger partial charge in [-0.05, 0) is 32.4 Å². The molecule has 0 fully saturated rings. The van der Waals surface area contributed by atoms with Gasteiger partial charge in [0.15, 0.2) is 0 Å². The number of aryl methyl sites for hydroxylation is 1. The fraction of sp³-hybridized carbons (Fsp3) is 0.500. The van der Waals surface area contributed by atoms with Crippen LogP contribution in [0.25, 0.3) is 0 Å². The van der Waals surface area contributed by atoms with E-state index in [0.29, 0.717) is 17.2 Å². The zero-order valence-corrected chi connectivity index (χ0v) is 12.2. The van der Waals surface area contributed by atoms with Crippen LogP contribution in [0.5, 0.6) is 11.5 Å². The number of methoxy groups -OCH3 is 2. The number of carbonyl (C=O) groups excluding carboxylic acids is 1. The molecule has 5 nitrogen and oxygen atoms in total. The summed E-state index contributed by atoms with van der Waals surface area (Å²) in [5, 5.41) is 2.84. The summed E-state index contributed by atoms with van der Waals surface area (Å²) in [7, 11) is 3.14. The summed E-state index contributed by atoms with van der Waals surface area (Å²) in [5.41, 5.74) is 6.81. The van der Waals surface area contributed by atoms with Crippen molar-refractivity contribution in [3.05, 3.63) is 17.7 Å². The van der Waals surface area contributed by atoms with Crippen molar-refractivity contribution in [2.24, 2.45) is 5.73 Å². The first-order valence-electron chi connectivity index (χ1n) is 6.08. The van der Waals surface area contributed by atoms with Crippen LogP contribution in [-0.2, 0) is 4.79 Å². The summed E-state index contributed by atoms with van der Waals surface area (Å²) < 4.78 is 10.4. The lowest BCUT2D eigenvalue weighted by molar-refractivity contribution is -0.117. The fourth-order valence-electron chi connectivity index (χ4n) is 1.76. The predicted molar refractivity (Wildman–Crippen MR) is 75.8 cm³/mol. The number of nitrogens with one attached hydrogen (secondary N) is 1. The molecule has 0 aromatic heterocycles. The molecule has 0 bridgehead atoms. The van der Waals surface area contributed by atoms with Crippen LogP contribution in [0, 0.1) is 6.92 Å². The summed E-state index contributed by atoms with van der Waals surface area (Å²) in [6, 6.07) is 3.57. The fourth-order valence-corrected chi connectivity index (χ4v) is 1.76. The van der Waals surface area contributed by atoms with Gasteiger partial charge in [-0.3, -0.25) is 4.79 Å². The Bertz CT molecular complexity index is 464. The van der Waals surface area contributed by atoms with E-state index in [2.05, 4.69) is 5.32 Å². The van der Waals surface area contributed by atoms with Gasteiger partial charge >= 0.3 is 0 Å². The second-order valence-electron chi connectivity index (χ2n) is 5.24. The van der Waals surface area contributed by atoms with Crippen LogP contribution in [0.15, 0.2) is 12.1 Å². The molecule has 1 aromatic rings. The van der Waals surface area contributed by atoms with Gasteiger partial charge in [-0.25, -0.2) is 0 Å². The van der Waals surface area contributed by atoms with Crippen LogP contribution >= 0.6 is 0 Å². The van der Waals surface area contributed by atoms with Crippen molar-refractivity contribution in [2.45, 2.75) is 32.7 Å². The highest BCUT2D eigenvalue weighted by atomic mass is 16.5. The maximum atomic E-state index is 11.9. The Labute approximate surface area is 114 Å². The van der Waals surface area contributed by atoms with Crippen molar-refractivity contribution >= 4 is 11.6 Å². The summed E-state index contributed by atoms with van der Waals surface area (Å²) in [4.78, 5) is 11.9. The molecule has 0 aliphatic heterocycles. The Hall–Kier alpha value is -1.75. The molecule has 5 heteroatoms. The predicted octanol–water partition coefficient (Wildman–Crippen LogP) is 2.08. The highest BCUT2D eigenvalue weighted by Crippen LogP contribution is 2.33. The average molecular weight is 266 g/mol. The molecule has 0 heterocycles.